The standard InChI is InChI=1S/C18H28N2O2/c1-14-4-2-5-16(20-14)12-19-15-7-9-17(10-8-15)22-13-18-6-3-11-21-18/h7-10,14,16,18-20H,2-6,11-13H2,1H3. The van der Waals surface area contributed by atoms with E-state index < -0.39 is 0 Å². The van der Waals surface area contributed by atoms with E-state index in [1.807, 2.05) is 12.1 Å². The van der Waals surface area contributed by atoms with Gasteiger partial charge in [0, 0.05) is 30.9 Å². The lowest BCUT2D eigenvalue weighted by atomic mass is 9.99. The molecule has 2 heterocycles. The van der Waals surface area contributed by atoms with Gasteiger partial charge >= 0.3 is 0 Å². The number of rotatable bonds is 6. The summed E-state index contributed by atoms with van der Waals surface area (Å²) in [4.78, 5) is 0. The van der Waals surface area contributed by atoms with Crippen molar-refractivity contribution < 1.29 is 9.47 Å². The van der Waals surface area contributed by atoms with E-state index in [1.165, 1.54) is 19.3 Å². The molecule has 3 atom stereocenters. The van der Waals surface area contributed by atoms with Crippen LogP contribution in [0.4, 0.5) is 5.69 Å². The minimum absolute atomic E-state index is 0.275. The van der Waals surface area contributed by atoms with Gasteiger partial charge in [-0.05, 0) is 56.9 Å². The minimum atomic E-state index is 0.275. The SMILES string of the molecule is CC1CCCC(CNc2ccc(OCC3CCCO3)cc2)N1. The summed E-state index contributed by atoms with van der Waals surface area (Å²) < 4.78 is 11.4. The normalized spacial score (nSPS) is 28.5. The highest BCUT2D eigenvalue weighted by Gasteiger charge is 2.17. The quantitative estimate of drug-likeness (QED) is 0.847. The number of benzene rings is 1. The zero-order chi connectivity index (χ0) is 15.2. The Morgan fingerprint density at radius 3 is 2.77 bits per heavy atom. The first kappa shape index (κ1) is 15.6. The van der Waals surface area contributed by atoms with E-state index >= 15 is 0 Å². The van der Waals surface area contributed by atoms with Crippen molar-refractivity contribution in [1.82, 2.24) is 5.32 Å². The molecule has 2 aliphatic heterocycles. The highest BCUT2D eigenvalue weighted by atomic mass is 16.5. The Morgan fingerprint density at radius 1 is 1.18 bits per heavy atom. The predicted octanol–water partition coefficient (Wildman–Crippen LogP) is 3.19. The molecule has 3 rings (SSSR count). The van der Waals surface area contributed by atoms with Crippen molar-refractivity contribution in [2.24, 2.45) is 0 Å². The van der Waals surface area contributed by atoms with Gasteiger partial charge in [0.05, 0.1) is 6.10 Å². The van der Waals surface area contributed by atoms with Gasteiger partial charge in [0.2, 0.25) is 0 Å². The van der Waals surface area contributed by atoms with Crippen molar-refractivity contribution >= 4 is 5.69 Å². The van der Waals surface area contributed by atoms with Crippen LogP contribution in [-0.2, 0) is 4.74 Å². The number of anilines is 1. The van der Waals surface area contributed by atoms with Crippen molar-refractivity contribution in [3.63, 3.8) is 0 Å². The lowest BCUT2D eigenvalue weighted by Gasteiger charge is -2.29. The van der Waals surface area contributed by atoms with Crippen molar-refractivity contribution in [3.8, 4) is 5.75 Å². The molecule has 22 heavy (non-hydrogen) atoms. The maximum Gasteiger partial charge on any atom is 0.119 e. The predicted molar refractivity (Wildman–Crippen MR) is 89.6 cm³/mol. The molecule has 0 bridgehead atoms. The van der Waals surface area contributed by atoms with Crippen molar-refractivity contribution in [1.29, 1.82) is 0 Å². The molecule has 1 aromatic carbocycles. The van der Waals surface area contributed by atoms with Crippen LogP contribution < -0.4 is 15.4 Å². The first-order valence-corrected chi connectivity index (χ1v) is 8.64. The summed E-state index contributed by atoms with van der Waals surface area (Å²) in [5.74, 6) is 0.922. The third-order valence-electron chi connectivity index (χ3n) is 4.58. The lowest BCUT2D eigenvalue weighted by molar-refractivity contribution is 0.0679. The second-order valence-electron chi connectivity index (χ2n) is 6.55. The fourth-order valence-electron chi connectivity index (χ4n) is 3.28. The Hall–Kier alpha value is -1.26. The van der Waals surface area contributed by atoms with Gasteiger partial charge in [-0.2, -0.15) is 0 Å². The average molecular weight is 304 g/mol. The Labute approximate surface area is 133 Å². The molecule has 3 unspecified atom stereocenters. The highest BCUT2D eigenvalue weighted by molar-refractivity contribution is 5.46. The maximum atomic E-state index is 5.79. The average Bonchev–Trinajstić information content (AvgIpc) is 3.05. The van der Waals surface area contributed by atoms with E-state index in [4.69, 9.17) is 9.47 Å². The Morgan fingerprint density at radius 2 is 2.05 bits per heavy atom. The van der Waals surface area contributed by atoms with Crippen molar-refractivity contribution in [3.05, 3.63) is 24.3 Å². The van der Waals surface area contributed by atoms with Gasteiger partial charge in [0.25, 0.3) is 0 Å². The zero-order valence-corrected chi connectivity index (χ0v) is 13.5. The molecule has 2 aliphatic rings. The fourth-order valence-corrected chi connectivity index (χ4v) is 3.28. The summed E-state index contributed by atoms with van der Waals surface area (Å²) in [5.41, 5.74) is 1.16. The lowest BCUT2D eigenvalue weighted by Crippen LogP contribution is -2.44. The molecular weight excluding hydrogens is 276 g/mol. The molecule has 2 fully saturated rings. The van der Waals surface area contributed by atoms with Gasteiger partial charge in [-0.15, -0.1) is 0 Å². The van der Waals surface area contributed by atoms with Gasteiger partial charge < -0.3 is 20.1 Å². The molecule has 2 N–H and O–H groups in total. The Balaban J connectivity index is 1.40. The Kier molecular flexibility index (Phi) is 5.57. The molecule has 0 aliphatic carbocycles. The third-order valence-corrected chi connectivity index (χ3v) is 4.58. The molecule has 0 amide bonds. The highest BCUT2D eigenvalue weighted by Crippen LogP contribution is 2.19. The summed E-state index contributed by atoms with van der Waals surface area (Å²) in [6, 6.07) is 9.49. The summed E-state index contributed by atoms with van der Waals surface area (Å²) >= 11 is 0. The van der Waals surface area contributed by atoms with Crippen LogP contribution in [0.25, 0.3) is 0 Å². The van der Waals surface area contributed by atoms with Crippen LogP contribution in [-0.4, -0.2) is 37.9 Å². The number of piperidine rings is 1. The van der Waals surface area contributed by atoms with Crippen LogP contribution in [0.2, 0.25) is 0 Å². The molecule has 0 aromatic heterocycles. The van der Waals surface area contributed by atoms with Crippen LogP contribution in [0.5, 0.6) is 5.75 Å². The minimum Gasteiger partial charge on any atom is -0.491 e. The Bertz CT molecular complexity index is 443. The first-order chi connectivity index (χ1) is 10.8. The number of nitrogens with one attached hydrogen (secondary N) is 2. The summed E-state index contributed by atoms with van der Waals surface area (Å²) in [5, 5.41) is 7.16. The molecule has 0 radical (unpaired) electrons. The summed E-state index contributed by atoms with van der Waals surface area (Å²) in [6.07, 6.45) is 6.44. The van der Waals surface area contributed by atoms with Crippen LogP contribution in [0, 0.1) is 0 Å². The fraction of sp³-hybridized carbons (Fsp3) is 0.667. The largest absolute Gasteiger partial charge is 0.491 e. The first-order valence-electron chi connectivity index (χ1n) is 8.64. The smallest absolute Gasteiger partial charge is 0.119 e. The summed E-state index contributed by atoms with van der Waals surface area (Å²) in [7, 11) is 0. The zero-order valence-electron chi connectivity index (χ0n) is 13.5. The molecule has 4 heteroatoms. The van der Waals surface area contributed by atoms with Gasteiger partial charge in [0.1, 0.15) is 12.4 Å². The van der Waals surface area contributed by atoms with E-state index in [2.05, 4.69) is 29.7 Å². The van der Waals surface area contributed by atoms with Crippen LogP contribution in [0.3, 0.4) is 0 Å². The molecule has 122 valence electrons. The van der Waals surface area contributed by atoms with Gasteiger partial charge in [-0.25, -0.2) is 0 Å². The molecule has 1 aromatic rings. The van der Waals surface area contributed by atoms with E-state index in [-0.39, 0.29) is 6.10 Å². The second-order valence-corrected chi connectivity index (χ2v) is 6.55. The van der Waals surface area contributed by atoms with Crippen LogP contribution in [0.1, 0.15) is 39.0 Å². The van der Waals surface area contributed by atoms with E-state index in [0.717, 1.165) is 37.4 Å². The number of hydrogen-bond donors (Lipinski definition) is 2. The third kappa shape index (κ3) is 4.62. The topological polar surface area (TPSA) is 42.5 Å². The van der Waals surface area contributed by atoms with Crippen molar-refractivity contribution in [2.75, 3.05) is 25.1 Å². The second kappa shape index (κ2) is 7.84. The maximum absolute atomic E-state index is 5.79. The molecular formula is C18H28N2O2. The monoisotopic (exact) mass is 304 g/mol. The van der Waals surface area contributed by atoms with Crippen molar-refractivity contribution in [2.45, 2.75) is 57.2 Å². The molecule has 0 spiro atoms. The molecule has 0 saturated carbocycles. The van der Waals surface area contributed by atoms with Crippen LogP contribution in [0.15, 0.2) is 24.3 Å². The number of ether oxygens (including phenoxy) is 2. The van der Waals surface area contributed by atoms with Gasteiger partial charge in [0.15, 0.2) is 0 Å². The van der Waals surface area contributed by atoms with E-state index in [1.54, 1.807) is 0 Å². The van der Waals surface area contributed by atoms with Gasteiger partial charge in [-0.1, -0.05) is 6.42 Å². The van der Waals surface area contributed by atoms with E-state index in [9.17, 15) is 0 Å². The number of hydrogen-bond acceptors (Lipinski definition) is 4. The molecule has 2 saturated heterocycles. The van der Waals surface area contributed by atoms with Gasteiger partial charge in [-0.3, -0.25) is 0 Å². The van der Waals surface area contributed by atoms with E-state index in [0.29, 0.717) is 18.7 Å². The van der Waals surface area contributed by atoms with Crippen LogP contribution >= 0.6 is 0 Å². The summed E-state index contributed by atoms with van der Waals surface area (Å²) in [6.45, 7) is 4.80. The molecule has 4 nitrogen and oxygen atoms in total.